The van der Waals surface area contributed by atoms with Crippen LogP contribution >= 0.6 is 11.6 Å². The Hall–Kier alpha value is -1.13. The van der Waals surface area contributed by atoms with Crippen molar-refractivity contribution in [2.45, 2.75) is 57.6 Å². The first-order chi connectivity index (χ1) is 10.1. The quantitative estimate of drug-likeness (QED) is 0.784. The molecule has 21 heavy (non-hydrogen) atoms. The summed E-state index contributed by atoms with van der Waals surface area (Å²) in [6.45, 7) is 1.44. The smallest absolute Gasteiger partial charge is 0.254 e. The van der Waals surface area contributed by atoms with Crippen LogP contribution in [0.4, 0.5) is 0 Å². The molecule has 0 amide bonds. The topological polar surface area (TPSA) is 48.3 Å². The third kappa shape index (κ3) is 3.22. The molecule has 1 aliphatic heterocycles. The van der Waals surface area contributed by atoms with Gasteiger partial charge in [0.1, 0.15) is 0 Å². The lowest BCUT2D eigenvalue weighted by molar-refractivity contribution is -0.111. The maximum Gasteiger partial charge on any atom is 0.254 e. The van der Waals surface area contributed by atoms with Gasteiger partial charge in [0.2, 0.25) is 5.24 Å². The minimum Gasteiger partial charge on any atom is -0.376 e. The summed E-state index contributed by atoms with van der Waals surface area (Å²) in [5.74, 6) is 0. The summed E-state index contributed by atoms with van der Waals surface area (Å²) in [6.07, 6.45) is 5.97. The van der Waals surface area contributed by atoms with Crippen LogP contribution in [0.15, 0.2) is 10.9 Å². The van der Waals surface area contributed by atoms with Gasteiger partial charge in [-0.1, -0.05) is 0 Å². The normalized spacial score (nSPS) is 20.7. The number of carbonyl (C=O) groups is 1. The fraction of sp³-hybridized carbons (Fsp3) is 0.625. The van der Waals surface area contributed by atoms with Crippen molar-refractivity contribution in [3.05, 3.63) is 33.2 Å². The van der Waals surface area contributed by atoms with E-state index in [0.717, 1.165) is 44.4 Å². The van der Waals surface area contributed by atoms with Crippen molar-refractivity contribution >= 4 is 16.8 Å². The second-order valence-electron chi connectivity index (χ2n) is 5.90. The van der Waals surface area contributed by atoms with Gasteiger partial charge in [0.15, 0.2) is 0 Å². The van der Waals surface area contributed by atoms with E-state index in [1.165, 1.54) is 5.56 Å². The Labute approximate surface area is 129 Å². The maximum absolute atomic E-state index is 12.7. The highest BCUT2D eigenvalue weighted by Crippen LogP contribution is 2.23. The van der Waals surface area contributed by atoms with Crippen molar-refractivity contribution < 1.29 is 9.53 Å². The van der Waals surface area contributed by atoms with Gasteiger partial charge in [0.25, 0.3) is 5.56 Å². The molecular weight excluding hydrogens is 290 g/mol. The summed E-state index contributed by atoms with van der Waals surface area (Å²) >= 11 is 5.41. The highest BCUT2D eigenvalue weighted by Gasteiger charge is 2.23. The number of hydrogen-bond donors (Lipinski definition) is 0. The molecule has 1 fully saturated rings. The first kappa shape index (κ1) is 14.8. The molecule has 2 heterocycles. The summed E-state index contributed by atoms with van der Waals surface area (Å²) < 4.78 is 7.57. The van der Waals surface area contributed by atoms with E-state index in [1.807, 2.05) is 10.6 Å². The molecule has 2 aliphatic rings. The fourth-order valence-corrected chi connectivity index (χ4v) is 3.47. The number of fused-ring (bicyclic) bond motifs is 1. The number of rotatable bonds is 5. The number of ether oxygens (including phenoxy) is 1. The SMILES string of the molecule is O=C(Cl)CCc1cc2c(n(CC3CCCO3)c1=O)CCC2. The number of carbonyl (C=O) groups excluding carboxylic acids is 1. The third-order valence-corrected chi connectivity index (χ3v) is 4.61. The Balaban J connectivity index is 1.92. The molecule has 0 spiro atoms. The molecule has 4 nitrogen and oxygen atoms in total. The van der Waals surface area contributed by atoms with E-state index in [4.69, 9.17) is 16.3 Å². The van der Waals surface area contributed by atoms with Crippen LogP contribution in [0.3, 0.4) is 0 Å². The van der Waals surface area contributed by atoms with Crippen molar-refractivity contribution in [2.24, 2.45) is 0 Å². The molecule has 114 valence electrons. The zero-order valence-electron chi connectivity index (χ0n) is 12.1. The van der Waals surface area contributed by atoms with Crippen molar-refractivity contribution in [3.63, 3.8) is 0 Å². The van der Waals surface area contributed by atoms with Gasteiger partial charge in [0, 0.05) is 24.3 Å². The Kier molecular flexibility index (Phi) is 4.45. The largest absolute Gasteiger partial charge is 0.376 e. The molecule has 1 atom stereocenters. The van der Waals surface area contributed by atoms with Crippen LogP contribution in [0.1, 0.15) is 42.5 Å². The number of aryl methyl sites for hydroxylation is 2. The molecule has 5 heteroatoms. The lowest BCUT2D eigenvalue weighted by Gasteiger charge is -2.17. The predicted molar refractivity (Wildman–Crippen MR) is 80.9 cm³/mol. The van der Waals surface area contributed by atoms with Crippen LogP contribution in [0.5, 0.6) is 0 Å². The molecule has 0 bridgehead atoms. The molecule has 0 radical (unpaired) electrons. The van der Waals surface area contributed by atoms with Crippen molar-refractivity contribution in [2.75, 3.05) is 6.61 Å². The van der Waals surface area contributed by atoms with Gasteiger partial charge >= 0.3 is 0 Å². The first-order valence-electron chi connectivity index (χ1n) is 7.69. The maximum atomic E-state index is 12.7. The molecule has 0 saturated carbocycles. The zero-order valence-corrected chi connectivity index (χ0v) is 12.8. The fourth-order valence-electron chi connectivity index (χ4n) is 3.38. The Bertz CT molecular complexity index is 602. The predicted octanol–water partition coefficient (Wildman–Crippen LogP) is 2.21. The van der Waals surface area contributed by atoms with Gasteiger partial charge in [-0.3, -0.25) is 9.59 Å². The molecular formula is C16H20ClNO3. The average molecular weight is 310 g/mol. The van der Waals surface area contributed by atoms with Crippen LogP contribution in [0.25, 0.3) is 0 Å². The van der Waals surface area contributed by atoms with E-state index in [2.05, 4.69) is 0 Å². The molecule has 1 aromatic rings. The number of pyridine rings is 1. The lowest BCUT2D eigenvalue weighted by atomic mass is 10.1. The lowest BCUT2D eigenvalue weighted by Crippen LogP contribution is -2.31. The number of nitrogens with zero attached hydrogens (tertiary/aromatic N) is 1. The van der Waals surface area contributed by atoms with Gasteiger partial charge < -0.3 is 9.30 Å². The van der Waals surface area contributed by atoms with E-state index in [9.17, 15) is 9.59 Å². The molecule has 1 unspecified atom stereocenters. The van der Waals surface area contributed by atoms with Crippen LogP contribution in [-0.2, 0) is 35.3 Å². The van der Waals surface area contributed by atoms with Gasteiger partial charge in [-0.15, -0.1) is 0 Å². The van der Waals surface area contributed by atoms with Crippen LogP contribution in [0, 0.1) is 0 Å². The molecule has 0 aromatic carbocycles. The van der Waals surface area contributed by atoms with E-state index in [1.54, 1.807) is 0 Å². The van der Waals surface area contributed by atoms with E-state index in [0.29, 0.717) is 18.5 Å². The van der Waals surface area contributed by atoms with Crippen molar-refractivity contribution in [1.82, 2.24) is 4.57 Å². The summed E-state index contributed by atoms with van der Waals surface area (Å²) in [6, 6.07) is 1.98. The van der Waals surface area contributed by atoms with Gasteiger partial charge in [-0.25, -0.2) is 0 Å². The molecule has 3 rings (SSSR count). The summed E-state index contributed by atoms with van der Waals surface area (Å²) in [7, 11) is 0. The first-order valence-corrected chi connectivity index (χ1v) is 8.07. The van der Waals surface area contributed by atoms with Crippen LogP contribution in [-0.4, -0.2) is 22.5 Å². The zero-order chi connectivity index (χ0) is 14.8. The summed E-state index contributed by atoms with van der Waals surface area (Å²) in [5, 5.41) is -0.388. The summed E-state index contributed by atoms with van der Waals surface area (Å²) in [4.78, 5) is 23.6. The van der Waals surface area contributed by atoms with Crippen molar-refractivity contribution in [3.8, 4) is 0 Å². The van der Waals surface area contributed by atoms with Gasteiger partial charge in [-0.05, 0) is 61.8 Å². The minimum absolute atomic E-state index is 0.0315. The molecule has 1 saturated heterocycles. The standard InChI is InChI=1S/C16H20ClNO3/c17-15(19)7-6-12-9-11-3-1-5-14(11)18(16(12)20)10-13-4-2-8-21-13/h9,13H,1-8,10H2. The second-order valence-corrected chi connectivity index (χ2v) is 6.32. The molecule has 1 aliphatic carbocycles. The number of halogens is 1. The summed E-state index contributed by atoms with van der Waals surface area (Å²) in [5.41, 5.74) is 3.16. The monoisotopic (exact) mass is 309 g/mol. The van der Waals surface area contributed by atoms with E-state index in [-0.39, 0.29) is 23.3 Å². The van der Waals surface area contributed by atoms with Crippen LogP contribution < -0.4 is 5.56 Å². The minimum atomic E-state index is -0.388. The Morgan fingerprint density at radius 1 is 1.38 bits per heavy atom. The second kappa shape index (κ2) is 6.32. The highest BCUT2D eigenvalue weighted by molar-refractivity contribution is 6.63. The van der Waals surface area contributed by atoms with E-state index >= 15 is 0 Å². The van der Waals surface area contributed by atoms with Crippen LogP contribution in [0.2, 0.25) is 0 Å². The van der Waals surface area contributed by atoms with Crippen molar-refractivity contribution in [1.29, 1.82) is 0 Å². The highest BCUT2D eigenvalue weighted by atomic mass is 35.5. The van der Waals surface area contributed by atoms with Gasteiger partial charge in [-0.2, -0.15) is 0 Å². The Morgan fingerprint density at radius 2 is 2.24 bits per heavy atom. The average Bonchev–Trinajstić information content (AvgIpc) is 3.10. The third-order valence-electron chi connectivity index (χ3n) is 4.43. The van der Waals surface area contributed by atoms with E-state index < -0.39 is 0 Å². The number of aromatic nitrogens is 1. The molecule has 1 aromatic heterocycles. The van der Waals surface area contributed by atoms with Gasteiger partial charge in [0.05, 0.1) is 12.6 Å². The Morgan fingerprint density at radius 3 is 2.95 bits per heavy atom. The number of hydrogen-bond acceptors (Lipinski definition) is 3. The molecule has 0 N–H and O–H groups in total.